The molecule has 0 heterocycles. The van der Waals surface area contributed by atoms with Crippen molar-refractivity contribution in [1.82, 2.24) is 0 Å². The first-order valence-corrected chi connectivity index (χ1v) is 12.4. The number of unbranched alkanes of at least 4 members (excludes halogenated alkanes) is 11. The highest BCUT2D eigenvalue weighted by molar-refractivity contribution is 7.86. The van der Waals surface area contributed by atoms with Crippen LogP contribution in [-0.4, -0.2) is 24.4 Å². The molecule has 0 aliphatic carbocycles. The number of carbonyl (C=O) groups is 1. The van der Waals surface area contributed by atoms with E-state index in [0.29, 0.717) is 6.42 Å². The van der Waals surface area contributed by atoms with E-state index >= 15 is 0 Å². The number of carbonyl (C=O) groups excluding carboxylic acids is 1. The molecule has 0 spiro atoms. The van der Waals surface area contributed by atoms with Gasteiger partial charge in [0.2, 0.25) is 5.44 Å². The predicted octanol–water partition coefficient (Wildman–Crippen LogP) is 6.27. The summed E-state index contributed by atoms with van der Waals surface area (Å²) in [6.45, 7) is 6.13. The molecule has 0 saturated carbocycles. The highest BCUT2D eigenvalue weighted by Crippen LogP contribution is 2.15. The fraction of sp³-hybridized carbons (Fsp3) is 0.952. The van der Waals surface area contributed by atoms with E-state index in [-0.39, 0.29) is 12.8 Å². The molecule has 1 unspecified atom stereocenters. The van der Waals surface area contributed by atoms with Crippen LogP contribution in [0.25, 0.3) is 0 Å². The van der Waals surface area contributed by atoms with Gasteiger partial charge in [0.15, 0.2) is 0 Å². The van der Waals surface area contributed by atoms with Gasteiger partial charge in [0, 0.05) is 6.42 Å². The summed E-state index contributed by atoms with van der Waals surface area (Å²) < 4.78 is 35.7. The van der Waals surface area contributed by atoms with E-state index in [2.05, 4.69) is 13.8 Å². The van der Waals surface area contributed by atoms with Crippen molar-refractivity contribution in [3.8, 4) is 0 Å². The Bertz CT molecular complexity index is 459. The van der Waals surface area contributed by atoms with Crippen LogP contribution in [0.1, 0.15) is 117 Å². The van der Waals surface area contributed by atoms with Gasteiger partial charge < -0.3 is 4.74 Å². The van der Waals surface area contributed by atoms with Crippen LogP contribution in [0, 0.1) is 5.92 Å². The maximum atomic E-state index is 11.6. The van der Waals surface area contributed by atoms with Gasteiger partial charge in [-0.3, -0.25) is 9.35 Å². The molecule has 1 atom stereocenters. The van der Waals surface area contributed by atoms with Crippen LogP contribution in [-0.2, 0) is 19.6 Å². The van der Waals surface area contributed by atoms with Gasteiger partial charge in [-0.1, -0.05) is 97.8 Å². The molecule has 0 amide bonds. The second-order valence-electron chi connectivity index (χ2n) is 8.02. The molecule has 0 aromatic carbocycles. The van der Waals surface area contributed by atoms with Crippen molar-refractivity contribution >= 4 is 16.1 Å². The number of rotatable bonds is 18. The Labute approximate surface area is 167 Å². The van der Waals surface area contributed by atoms with E-state index in [4.69, 9.17) is 9.29 Å². The Hall–Kier alpha value is -0.620. The first-order chi connectivity index (χ1) is 12.8. The molecule has 0 rings (SSSR count). The summed E-state index contributed by atoms with van der Waals surface area (Å²) in [5.74, 6) is 0.286. The Morgan fingerprint density at radius 3 is 1.59 bits per heavy atom. The highest BCUT2D eigenvalue weighted by atomic mass is 32.2. The summed E-state index contributed by atoms with van der Waals surface area (Å²) in [7, 11) is -4.31. The van der Waals surface area contributed by atoms with Crippen molar-refractivity contribution in [2.24, 2.45) is 5.92 Å². The number of hydrogen-bond donors (Lipinski definition) is 1. The van der Waals surface area contributed by atoms with E-state index in [1.54, 1.807) is 6.92 Å². The van der Waals surface area contributed by atoms with Gasteiger partial charge in [0.25, 0.3) is 0 Å². The molecule has 6 heteroatoms. The van der Waals surface area contributed by atoms with E-state index in [1.807, 2.05) is 0 Å². The summed E-state index contributed by atoms with van der Waals surface area (Å²) >= 11 is 0. The van der Waals surface area contributed by atoms with Gasteiger partial charge in [-0.2, -0.15) is 8.42 Å². The van der Waals surface area contributed by atoms with Gasteiger partial charge in [-0.05, 0) is 18.8 Å². The molecular weight excluding hydrogens is 364 g/mol. The Balaban J connectivity index is 3.39. The molecule has 0 aromatic heterocycles. The molecule has 27 heavy (non-hydrogen) atoms. The van der Waals surface area contributed by atoms with Crippen molar-refractivity contribution < 1.29 is 22.5 Å². The average molecular weight is 407 g/mol. The second kappa shape index (κ2) is 16.3. The zero-order valence-electron chi connectivity index (χ0n) is 17.7. The molecule has 0 aliphatic rings. The third-order valence-corrected chi connectivity index (χ3v) is 5.93. The fourth-order valence-electron chi connectivity index (χ4n) is 3.15. The van der Waals surface area contributed by atoms with Crippen LogP contribution < -0.4 is 0 Å². The maximum Gasteiger partial charge on any atom is 0.307 e. The highest BCUT2D eigenvalue weighted by Gasteiger charge is 2.24. The van der Waals surface area contributed by atoms with Crippen molar-refractivity contribution in [2.45, 2.75) is 123 Å². The third kappa shape index (κ3) is 17.2. The quantitative estimate of drug-likeness (QED) is 0.165. The van der Waals surface area contributed by atoms with Gasteiger partial charge in [0.1, 0.15) is 0 Å². The van der Waals surface area contributed by atoms with Crippen LogP contribution in [0.15, 0.2) is 0 Å². The molecule has 162 valence electrons. The summed E-state index contributed by atoms with van der Waals surface area (Å²) in [6.07, 6.45) is 16.3. The van der Waals surface area contributed by atoms with Crippen molar-refractivity contribution in [1.29, 1.82) is 0 Å². The molecule has 0 radical (unpaired) electrons. The van der Waals surface area contributed by atoms with E-state index < -0.39 is 21.5 Å². The van der Waals surface area contributed by atoms with Gasteiger partial charge >= 0.3 is 16.1 Å². The minimum absolute atomic E-state index is 0.0581. The first kappa shape index (κ1) is 26.4. The number of ether oxygens (including phenoxy) is 1. The largest absolute Gasteiger partial charge is 0.443 e. The van der Waals surface area contributed by atoms with Crippen molar-refractivity contribution in [3.63, 3.8) is 0 Å². The smallest absolute Gasteiger partial charge is 0.307 e. The van der Waals surface area contributed by atoms with Crippen molar-refractivity contribution in [3.05, 3.63) is 0 Å². The van der Waals surface area contributed by atoms with Gasteiger partial charge in [-0.25, -0.2) is 0 Å². The predicted molar refractivity (Wildman–Crippen MR) is 111 cm³/mol. The van der Waals surface area contributed by atoms with E-state index in [0.717, 1.165) is 18.8 Å². The summed E-state index contributed by atoms with van der Waals surface area (Å²) in [4.78, 5) is 11.6. The van der Waals surface area contributed by atoms with Crippen LogP contribution in [0.3, 0.4) is 0 Å². The normalized spacial score (nSPS) is 13.1. The lowest BCUT2D eigenvalue weighted by molar-refractivity contribution is -0.146. The lowest BCUT2D eigenvalue weighted by atomic mass is 10.0. The molecule has 0 aliphatic heterocycles. The Kier molecular flexibility index (Phi) is 16.0. The summed E-state index contributed by atoms with van der Waals surface area (Å²) in [6, 6.07) is 0. The molecule has 0 fully saturated rings. The molecule has 0 bridgehead atoms. The minimum Gasteiger partial charge on any atom is -0.443 e. The Morgan fingerprint density at radius 2 is 1.22 bits per heavy atom. The van der Waals surface area contributed by atoms with Crippen LogP contribution in [0.5, 0.6) is 0 Å². The fourth-order valence-corrected chi connectivity index (χ4v) is 3.80. The SMILES string of the molecule is CCC(OC(=O)CCCCCCCCCCCCCCC(C)C)S(=O)(=O)O. The summed E-state index contributed by atoms with van der Waals surface area (Å²) in [5.41, 5.74) is -1.43. The number of hydrogen-bond acceptors (Lipinski definition) is 4. The molecule has 0 saturated heterocycles. The average Bonchev–Trinajstić information content (AvgIpc) is 2.58. The van der Waals surface area contributed by atoms with E-state index in [1.165, 1.54) is 64.2 Å². The molecule has 5 nitrogen and oxygen atoms in total. The molecule has 0 aromatic rings. The molecule has 1 N–H and O–H groups in total. The monoisotopic (exact) mass is 406 g/mol. The zero-order chi connectivity index (χ0) is 20.5. The Morgan fingerprint density at radius 1 is 0.815 bits per heavy atom. The lowest BCUT2D eigenvalue weighted by Gasteiger charge is -2.12. The van der Waals surface area contributed by atoms with E-state index in [9.17, 15) is 13.2 Å². The zero-order valence-corrected chi connectivity index (χ0v) is 18.6. The third-order valence-electron chi connectivity index (χ3n) is 4.84. The standard InChI is InChI=1S/C21H42O5S/c1-4-21(27(23,24)25)26-20(22)18-16-14-12-10-8-6-5-7-9-11-13-15-17-19(2)3/h19,21H,4-18H2,1-3H3,(H,23,24,25). The van der Waals surface area contributed by atoms with Crippen LogP contribution in [0.4, 0.5) is 0 Å². The van der Waals surface area contributed by atoms with Crippen LogP contribution in [0.2, 0.25) is 0 Å². The minimum atomic E-state index is -4.31. The first-order valence-electron chi connectivity index (χ1n) is 10.9. The van der Waals surface area contributed by atoms with Gasteiger partial charge in [-0.15, -0.1) is 0 Å². The molecular formula is C21H42O5S. The number of esters is 1. The second-order valence-corrected chi connectivity index (χ2v) is 9.57. The lowest BCUT2D eigenvalue weighted by Crippen LogP contribution is -2.26. The van der Waals surface area contributed by atoms with Crippen LogP contribution >= 0.6 is 0 Å². The van der Waals surface area contributed by atoms with Crippen molar-refractivity contribution in [2.75, 3.05) is 0 Å². The summed E-state index contributed by atoms with van der Waals surface area (Å²) in [5, 5.41) is 0. The maximum absolute atomic E-state index is 11.6. The van der Waals surface area contributed by atoms with Gasteiger partial charge in [0.05, 0.1) is 0 Å². The topological polar surface area (TPSA) is 80.7 Å².